The van der Waals surface area contributed by atoms with Crippen LogP contribution in [0.4, 0.5) is 0 Å². The number of hydrogen-bond acceptors (Lipinski definition) is 5. The molecule has 1 aliphatic heterocycles. The molecule has 6 nitrogen and oxygen atoms in total. The van der Waals surface area contributed by atoms with Crippen LogP contribution in [-0.2, 0) is 16.6 Å². The molecule has 0 spiro atoms. The summed E-state index contributed by atoms with van der Waals surface area (Å²) in [6.45, 7) is 4.76. The van der Waals surface area contributed by atoms with E-state index < -0.39 is 10.0 Å². The molecule has 3 N–H and O–H groups in total. The van der Waals surface area contributed by atoms with Gasteiger partial charge in [0.25, 0.3) is 0 Å². The van der Waals surface area contributed by atoms with Crippen LogP contribution in [0, 0.1) is 13.8 Å². The summed E-state index contributed by atoms with van der Waals surface area (Å²) in [6, 6.07) is 0.0381. The SMILES string of the molecule is Cc1nn(CCCN)c(C)c1S(=O)(=O)NC1CCSC1. The number of nitrogens with zero attached hydrogens (tertiary/aromatic N) is 2. The van der Waals surface area contributed by atoms with Crippen LogP contribution in [0.25, 0.3) is 0 Å². The van der Waals surface area contributed by atoms with Gasteiger partial charge in [0.2, 0.25) is 10.0 Å². The van der Waals surface area contributed by atoms with Crippen LogP contribution in [0.2, 0.25) is 0 Å². The highest BCUT2D eigenvalue weighted by Crippen LogP contribution is 2.23. The van der Waals surface area contributed by atoms with Crippen molar-refractivity contribution in [2.75, 3.05) is 18.1 Å². The summed E-state index contributed by atoms with van der Waals surface area (Å²) in [5.41, 5.74) is 6.73. The van der Waals surface area contributed by atoms with Gasteiger partial charge < -0.3 is 5.73 Å². The first-order chi connectivity index (χ1) is 9.45. The molecule has 1 aromatic rings. The third kappa shape index (κ3) is 3.36. The predicted octanol–water partition coefficient (Wildman–Crippen LogP) is 0.633. The number of rotatable bonds is 6. The van der Waals surface area contributed by atoms with E-state index in [0.29, 0.717) is 29.4 Å². The lowest BCUT2D eigenvalue weighted by atomic mass is 10.3. The molecule has 1 aromatic heterocycles. The largest absolute Gasteiger partial charge is 0.330 e. The third-order valence-electron chi connectivity index (χ3n) is 3.41. The van der Waals surface area contributed by atoms with Crippen molar-refractivity contribution in [1.29, 1.82) is 0 Å². The molecule has 1 saturated heterocycles. The zero-order valence-corrected chi connectivity index (χ0v) is 13.6. The zero-order chi connectivity index (χ0) is 14.8. The Bertz CT molecular complexity index is 562. The number of sulfonamides is 1. The van der Waals surface area contributed by atoms with Crippen LogP contribution in [-0.4, -0.2) is 42.3 Å². The van der Waals surface area contributed by atoms with E-state index >= 15 is 0 Å². The monoisotopic (exact) mass is 318 g/mol. The molecule has 2 rings (SSSR count). The van der Waals surface area contributed by atoms with Gasteiger partial charge in [0.1, 0.15) is 4.90 Å². The maximum Gasteiger partial charge on any atom is 0.244 e. The second-order valence-electron chi connectivity index (χ2n) is 5.05. The highest BCUT2D eigenvalue weighted by molar-refractivity contribution is 7.99. The Morgan fingerprint density at radius 2 is 2.25 bits per heavy atom. The molecule has 20 heavy (non-hydrogen) atoms. The molecular formula is C12H22N4O2S2. The van der Waals surface area contributed by atoms with Gasteiger partial charge in [-0.15, -0.1) is 0 Å². The Morgan fingerprint density at radius 3 is 2.85 bits per heavy atom. The topological polar surface area (TPSA) is 90.0 Å². The van der Waals surface area contributed by atoms with Crippen LogP contribution >= 0.6 is 11.8 Å². The molecule has 0 bridgehead atoms. The van der Waals surface area contributed by atoms with Crippen molar-refractivity contribution in [3.63, 3.8) is 0 Å². The summed E-state index contributed by atoms with van der Waals surface area (Å²) < 4.78 is 29.6. The fraction of sp³-hybridized carbons (Fsp3) is 0.750. The van der Waals surface area contributed by atoms with Gasteiger partial charge in [-0.25, -0.2) is 13.1 Å². The van der Waals surface area contributed by atoms with E-state index in [9.17, 15) is 8.42 Å². The van der Waals surface area contributed by atoms with Crippen LogP contribution in [0.1, 0.15) is 24.2 Å². The van der Waals surface area contributed by atoms with Crippen LogP contribution < -0.4 is 10.5 Å². The fourth-order valence-corrected chi connectivity index (χ4v) is 5.37. The van der Waals surface area contributed by atoms with E-state index in [4.69, 9.17) is 5.73 Å². The average molecular weight is 318 g/mol. The smallest absolute Gasteiger partial charge is 0.244 e. The Morgan fingerprint density at radius 1 is 1.50 bits per heavy atom. The van der Waals surface area contributed by atoms with Crippen molar-refractivity contribution in [2.24, 2.45) is 5.73 Å². The van der Waals surface area contributed by atoms with Crippen LogP contribution in [0.5, 0.6) is 0 Å². The lowest BCUT2D eigenvalue weighted by molar-refractivity contribution is 0.556. The molecule has 0 amide bonds. The minimum atomic E-state index is -3.49. The molecule has 1 aliphatic rings. The summed E-state index contributed by atoms with van der Waals surface area (Å²) >= 11 is 1.78. The van der Waals surface area contributed by atoms with Gasteiger partial charge in [0.15, 0.2) is 0 Å². The molecule has 0 radical (unpaired) electrons. The van der Waals surface area contributed by atoms with E-state index in [0.717, 1.165) is 24.3 Å². The maximum absolute atomic E-state index is 12.5. The van der Waals surface area contributed by atoms with Gasteiger partial charge in [-0.3, -0.25) is 4.68 Å². The minimum Gasteiger partial charge on any atom is -0.330 e. The molecule has 114 valence electrons. The molecule has 1 unspecified atom stereocenters. The highest BCUT2D eigenvalue weighted by atomic mass is 32.2. The number of aryl methyl sites for hydroxylation is 2. The second-order valence-corrected chi connectivity index (χ2v) is 7.85. The molecular weight excluding hydrogens is 296 g/mol. The van der Waals surface area contributed by atoms with E-state index in [1.165, 1.54) is 0 Å². The number of nitrogens with two attached hydrogens (primary N) is 1. The maximum atomic E-state index is 12.5. The van der Waals surface area contributed by atoms with Crippen molar-refractivity contribution in [2.45, 2.75) is 44.2 Å². The van der Waals surface area contributed by atoms with Crippen molar-refractivity contribution in [3.8, 4) is 0 Å². The Kier molecular flexibility index (Phi) is 5.11. The van der Waals surface area contributed by atoms with E-state index in [2.05, 4.69) is 9.82 Å². The lowest BCUT2D eigenvalue weighted by Gasteiger charge is -2.12. The second kappa shape index (κ2) is 6.46. The Labute approximate surface area is 124 Å². The standard InChI is InChI=1S/C12H22N4O2S2/c1-9-12(10(2)16(14-9)6-3-5-13)20(17,18)15-11-4-7-19-8-11/h11,15H,3-8,13H2,1-2H3. The predicted molar refractivity (Wildman–Crippen MR) is 81.4 cm³/mol. The van der Waals surface area contributed by atoms with Gasteiger partial charge in [-0.05, 0) is 39.0 Å². The molecule has 0 aromatic carbocycles. The van der Waals surface area contributed by atoms with E-state index in [1.807, 2.05) is 0 Å². The number of nitrogens with one attached hydrogen (secondary N) is 1. The van der Waals surface area contributed by atoms with Crippen molar-refractivity contribution < 1.29 is 8.42 Å². The number of hydrogen-bond donors (Lipinski definition) is 2. The minimum absolute atomic E-state index is 0.0381. The normalized spacial score (nSPS) is 19.6. The lowest BCUT2D eigenvalue weighted by Crippen LogP contribution is -2.35. The average Bonchev–Trinajstić information content (AvgIpc) is 2.94. The molecule has 2 heterocycles. The van der Waals surface area contributed by atoms with Crippen LogP contribution in [0.3, 0.4) is 0 Å². The molecule has 0 saturated carbocycles. The van der Waals surface area contributed by atoms with Gasteiger partial charge in [0, 0.05) is 18.3 Å². The van der Waals surface area contributed by atoms with Crippen molar-refractivity contribution in [1.82, 2.24) is 14.5 Å². The van der Waals surface area contributed by atoms with Gasteiger partial charge in [-0.2, -0.15) is 16.9 Å². The van der Waals surface area contributed by atoms with Crippen molar-refractivity contribution in [3.05, 3.63) is 11.4 Å². The zero-order valence-electron chi connectivity index (χ0n) is 11.9. The quantitative estimate of drug-likeness (QED) is 0.803. The third-order valence-corrected chi connectivity index (χ3v) is 6.34. The fourth-order valence-electron chi connectivity index (χ4n) is 2.43. The van der Waals surface area contributed by atoms with E-state index in [-0.39, 0.29) is 6.04 Å². The number of aromatic nitrogens is 2. The Balaban J connectivity index is 2.24. The first-order valence-electron chi connectivity index (χ1n) is 6.80. The summed E-state index contributed by atoms with van der Waals surface area (Å²) in [5.74, 6) is 1.86. The summed E-state index contributed by atoms with van der Waals surface area (Å²) in [6.07, 6.45) is 1.68. The first kappa shape index (κ1) is 15.8. The molecule has 8 heteroatoms. The number of thioether (sulfide) groups is 1. The summed E-state index contributed by atoms with van der Waals surface area (Å²) in [5, 5.41) is 4.33. The Hall–Kier alpha value is -0.570. The van der Waals surface area contributed by atoms with Gasteiger partial charge in [0.05, 0.1) is 11.4 Å². The molecule has 1 atom stereocenters. The van der Waals surface area contributed by atoms with Crippen molar-refractivity contribution >= 4 is 21.8 Å². The van der Waals surface area contributed by atoms with Crippen LogP contribution in [0.15, 0.2) is 4.90 Å². The highest BCUT2D eigenvalue weighted by Gasteiger charge is 2.28. The van der Waals surface area contributed by atoms with Gasteiger partial charge in [-0.1, -0.05) is 0 Å². The first-order valence-corrected chi connectivity index (χ1v) is 9.43. The molecule has 1 fully saturated rings. The molecule has 0 aliphatic carbocycles. The summed E-state index contributed by atoms with van der Waals surface area (Å²) in [4.78, 5) is 0.325. The summed E-state index contributed by atoms with van der Waals surface area (Å²) in [7, 11) is -3.49. The van der Waals surface area contributed by atoms with E-state index in [1.54, 1.807) is 30.3 Å². The van der Waals surface area contributed by atoms with Gasteiger partial charge >= 0.3 is 0 Å².